The van der Waals surface area contributed by atoms with Crippen molar-refractivity contribution in [2.45, 2.75) is 52.1 Å². The van der Waals surface area contributed by atoms with E-state index in [4.69, 9.17) is 0 Å². The first-order valence-corrected chi connectivity index (χ1v) is 9.05. The normalized spacial score (nSPS) is 12.2. The van der Waals surface area contributed by atoms with Crippen LogP contribution in [0, 0.1) is 0 Å². The second kappa shape index (κ2) is 9.20. The van der Waals surface area contributed by atoms with Crippen LogP contribution in [0.4, 0.5) is 0 Å². The first kappa shape index (κ1) is 19.0. The Hall–Kier alpha value is -2.37. The summed E-state index contributed by atoms with van der Waals surface area (Å²) in [7, 11) is 1.79. The van der Waals surface area contributed by atoms with E-state index in [9.17, 15) is 0 Å². The Morgan fingerprint density at radius 1 is 1.12 bits per heavy atom. The predicted octanol–water partition coefficient (Wildman–Crippen LogP) is 2.72. The Kier molecular flexibility index (Phi) is 6.98. The Bertz CT molecular complexity index is 658. The first-order valence-electron chi connectivity index (χ1n) is 9.05. The molecule has 136 valence electrons. The van der Waals surface area contributed by atoms with Gasteiger partial charge in [0.2, 0.25) is 0 Å². The first-order chi connectivity index (χ1) is 12.2. The molecule has 2 rings (SSSR count). The van der Waals surface area contributed by atoms with E-state index in [1.54, 1.807) is 13.4 Å². The van der Waals surface area contributed by atoms with E-state index in [2.05, 4.69) is 76.9 Å². The molecule has 0 fully saturated rings. The standard InChI is InChI=1S/C19H30N6/c1-5-19(6-2,16-11-9-8-10-12-16)14-22-18(20-4)21-13-17-24-23-15-25(17)7-3/h8-12,15H,5-7,13-14H2,1-4H3,(H2,20,21,22). The van der Waals surface area contributed by atoms with Crippen LogP contribution >= 0.6 is 0 Å². The number of nitrogens with zero attached hydrogens (tertiary/aromatic N) is 4. The van der Waals surface area contributed by atoms with Crippen molar-refractivity contribution >= 4 is 5.96 Å². The third-order valence-corrected chi connectivity index (χ3v) is 5.01. The molecule has 0 unspecified atom stereocenters. The molecule has 2 N–H and O–H groups in total. The summed E-state index contributed by atoms with van der Waals surface area (Å²) in [5, 5.41) is 14.9. The molecule has 0 spiro atoms. The van der Waals surface area contributed by atoms with E-state index < -0.39 is 0 Å². The van der Waals surface area contributed by atoms with Gasteiger partial charge in [-0.2, -0.15) is 0 Å². The molecule has 25 heavy (non-hydrogen) atoms. The van der Waals surface area contributed by atoms with E-state index in [-0.39, 0.29) is 5.41 Å². The van der Waals surface area contributed by atoms with Crippen molar-refractivity contribution in [3.8, 4) is 0 Å². The topological polar surface area (TPSA) is 67.1 Å². The molecule has 0 aliphatic rings. The Labute approximate surface area is 150 Å². The summed E-state index contributed by atoms with van der Waals surface area (Å²) in [5.41, 5.74) is 1.47. The molecule has 0 aliphatic heterocycles. The minimum atomic E-state index is 0.0995. The predicted molar refractivity (Wildman–Crippen MR) is 103 cm³/mol. The molecule has 0 aliphatic carbocycles. The van der Waals surface area contributed by atoms with E-state index >= 15 is 0 Å². The Morgan fingerprint density at radius 3 is 2.44 bits per heavy atom. The zero-order valence-corrected chi connectivity index (χ0v) is 15.8. The molecular weight excluding hydrogens is 312 g/mol. The number of benzene rings is 1. The molecule has 6 nitrogen and oxygen atoms in total. The SMILES string of the molecule is CCn1cnnc1CNC(=NC)NCC(CC)(CC)c1ccccc1. The van der Waals surface area contributed by atoms with Gasteiger partial charge < -0.3 is 15.2 Å². The number of nitrogens with one attached hydrogen (secondary N) is 2. The molecular formula is C19H30N6. The van der Waals surface area contributed by atoms with Gasteiger partial charge in [0.05, 0.1) is 6.54 Å². The van der Waals surface area contributed by atoms with Gasteiger partial charge >= 0.3 is 0 Å². The number of aryl methyl sites for hydroxylation is 1. The van der Waals surface area contributed by atoms with Crippen LogP contribution in [0.1, 0.15) is 45.0 Å². The highest BCUT2D eigenvalue weighted by molar-refractivity contribution is 5.79. The Balaban J connectivity index is 2.00. The fraction of sp³-hybridized carbons (Fsp3) is 0.526. The number of aromatic nitrogens is 3. The van der Waals surface area contributed by atoms with Crippen LogP contribution in [0.15, 0.2) is 41.7 Å². The number of rotatable bonds is 8. The molecule has 1 heterocycles. The summed E-state index contributed by atoms with van der Waals surface area (Å²) in [6.07, 6.45) is 3.89. The molecule has 0 bridgehead atoms. The van der Waals surface area contributed by atoms with E-state index in [1.165, 1.54) is 5.56 Å². The van der Waals surface area contributed by atoms with Gasteiger partial charge in [-0.05, 0) is 25.3 Å². The van der Waals surface area contributed by atoms with Crippen molar-refractivity contribution in [2.75, 3.05) is 13.6 Å². The van der Waals surface area contributed by atoms with Gasteiger partial charge in [-0.15, -0.1) is 10.2 Å². The van der Waals surface area contributed by atoms with Gasteiger partial charge in [0.15, 0.2) is 11.8 Å². The lowest BCUT2D eigenvalue weighted by Gasteiger charge is -2.33. The van der Waals surface area contributed by atoms with E-state index in [1.807, 2.05) is 4.57 Å². The number of guanidine groups is 1. The molecule has 6 heteroatoms. The highest BCUT2D eigenvalue weighted by atomic mass is 15.3. The van der Waals surface area contributed by atoms with Crippen molar-refractivity contribution in [3.05, 3.63) is 48.0 Å². The van der Waals surface area contributed by atoms with E-state index in [0.29, 0.717) is 6.54 Å². The summed E-state index contributed by atoms with van der Waals surface area (Å²) in [5.74, 6) is 1.69. The quantitative estimate of drug-likeness (QED) is 0.572. The monoisotopic (exact) mass is 342 g/mol. The van der Waals surface area contributed by atoms with Crippen LogP contribution in [0.5, 0.6) is 0 Å². The maximum atomic E-state index is 4.35. The zero-order valence-electron chi connectivity index (χ0n) is 15.8. The maximum absolute atomic E-state index is 4.35. The van der Waals surface area contributed by atoms with Crippen molar-refractivity contribution in [1.82, 2.24) is 25.4 Å². The molecule has 0 saturated carbocycles. The van der Waals surface area contributed by atoms with Crippen molar-refractivity contribution < 1.29 is 0 Å². The average Bonchev–Trinajstić information content (AvgIpc) is 3.13. The second-order valence-corrected chi connectivity index (χ2v) is 6.17. The van der Waals surface area contributed by atoms with Gasteiger partial charge in [-0.1, -0.05) is 44.2 Å². The second-order valence-electron chi connectivity index (χ2n) is 6.17. The lowest BCUT2D eigenvalue weighted by molar-refractivity contribution is 0.389. The van der Waals surface area contributed by atoms with Crippen LogP contribution in [0.3, 0.4) is 0 Å². The molecule has 1 aromatic heterocycles. The molecule has 0 saturated heterocycles. The van der Waals surface area contributed by atoms with Crippen LogP contribution in [-0.2, 0) is 18.5 Å². The summed E-state index contributed by atoms with van der Waals surface area (Å²) in [6, 6.07) is 10.7. The number of hydrogen-bond donors (Lipinski definition) is 2. The highest BCUT2D eigenvalue weighted by Gasteiger charge is 2.28. The number of aliphatic imine (C=N–C) groups is 1. The van der Waals surface area contributed by atoms with Gasteiger partial charge in [0.25, 0.3) is 0 Å². The molecule has 2 aromatic rings. The largest absolute Gasteiger partial charge is 0.356 e. The van der Waals surface area contributed by atoms with Crippen LogP contribution in [0.2, 0.25) is 0 Å². The Morgan fingerprint density at radius 2 is 1.84 bits per heavy atom. The maximum Gasteiger partial charge on any atom is 0.191 e. The summed E-state index contributed by atoms with van der Waals surface area (Å²) in [4.78, 5) is 4.35. The minimum absolute atomic E-state index is 0.0995. The van der Waals surface area contributed by atoms with Crippen molar-refractivity contribution in [3.63, 3.8) is 0 Å². The average molecular weight is 342 g/mol. The molecule has 0 radical (unpaired) electrons. The summed E-state index contributed by atoms with van der Waals surface area (Å²) < 4.78 is 2.02. The molecule has 0 amide bonds. The highest BCUT2D eigenvalue weighted by Crippen LogP contribution is 2.30. The minimum Gasteiger partial charge on any atom is -0.356 e. The third-order valence-electron chi connectivity index (χ3n) is 5.01. The lowest BCUT2D eigenvalue weighted by atomic mass is 9.76. The van der Waals surface area contributed by atoms with Gasteiger partial charge in [-0.25, -0.2) is 0 Å². The van der Waals surface area contributed by atoms with Gasteiger partial charge in [-0.3, -0.25) is 4.99 Å². The zero-order chi connectivity index (χ0) is 18.1. The lowest BCUT2D eigenvalue weighted by Crippen LogP contribution is -2.45. The van der Waals surface area contributed by atoms with Crippen LogP contribution in [-0.4, -0.2) is 34.3 Å². The van der Waals surface area contributed by atoms with Gasteiger partial charge in [0.1, 0.15) is 6.33 Å². The van der Waals surface area contributed by atoms with Gasteiger partial charge in [0, 0.05) is 25.6 Å². The smallest absolute Gasteiger partial charge is 0.191 e. The molecule has 1 aromatic carbocycles. The van der Waals surface area contributed by atoms with Crippen molar-refractivity contribution in [1.29, 1.82) is 0 Å². The molecule has 0 atom stereocenters. The fourth-order valence-corrected chi connectivity index (χ4v) is 3.12. The summed E-state index contributed by atoms with van der Waals surface area (Å²) >= 11 is 0. The van der Waals surface area contributed by atoms with Crippen molar-refractivity contribution in [2.24, 2.45) is 4.99 Å². The summed E-state index contributed by atoms with van der Waals surface area (Å²) in [6.45, 7) is 8.87. The van der Waals surface area contributed by atoms with Crippen LogP contribution < -0.4 is 10.6 Å². The van der Waals surface area contributed by atoms with Crippen LogP contribution in [0.25, 0.3) is 0 Å². The third kappa shape index (κ3) is 4.59. The number of hydrogen-bond acceptors (Lipinski definition) is 3. The van der Waals surface area contributed by atoms with E-state index in [0.717, 1.165) is 37.7 Å². The fourth-order valence-electron chi connectivity index (χ4n) is 3.12.